The number of amides is 2. The maximum Gasteiger partial charge on any atom is 0.287 e. The topological polar surface area (TPSA) is 115 Å². The van der Waals surface area contributed by atoms with Crippen LogP contribution in [0.2, 0.25) is 0 Å². The minimum absolute atomic E-state index is 0.0116. The van der Waals surface area contributed by atoms with Gasteiger partial charge in [0.15, 0.2) is 5.76 Å². The van der Waals surface area contributed by atoms with Crippen LogP contribution in [0.4, 0.5) is 0 Å². The Morgan fingerprint density at radius 1 is 1.20 bits per heavy atom. The summed E-state index contributed by atoms with van der Waals surface area (Å²) in [6.45, 7) is 2.86. The van der Waals surface area contributed by atoms with E-state index in [1.807, 2.05) is 6.07 Å². The van der Waals surface area contributed by atoms with Crippen LogP contribution in [0.15, 0.2) is 40.8 Å². The summed E-state index contributed by atoms with van der Waals surface area (Å²) in [4.78, 5) is 24.2. The van der Waals surface area contributed by atoms with Gasteiger partial charge in [0, 0.05) is 12.6 Å². The highest BCUT2D eigenvalue weighted by Gasteiger charge is 2.34. The summed E-state index contributed by atoms with van der Waals surface area (Å²) in [5, 5.41) is 23.8. The molecule has 0 radical (unpaired) electrons. The fourth-order valence-corrected chi connectivity index (χ4v) is 2.23. The minimum Gasteiger partial charge on any atom is -0.451 e. The van der Waals surface area contributed by atoms with Gasteiger partial charge in [-0.25, -0.2) is 0 Å². The number of nitrogens with one attached hydrogen (secondary N) is 2. The van der Waals surface area contributed by atoms with Gasteiger partial charge in [0.25, 0.3) is 5.91 Å². The van der Waals surface area contributed by atoms with Gasteiger partial charge in [0.2, 0.25) is 5.91 Å². The van der Waals surface area contributed by atoms with Crippen LogP contribution in [0.5, 0.6) is 0 Å². The Hall–Kier alpha value is -3.11. The molecule has 0 aliphatic heterocycles. The molecule has 0 fully saturated rings. The molecule has 25 heavy (non-hydrogen) atoms. The quantitative estimate of drug-likeness (QED) is 0.761. The first-order chi connectivity index (χ1) is 11.8. The highest BCUT2D eigenvalue weighted by Crippen LogP contribution is 2.23. The smallest absolute Gasteiger partial charge is 0.287 e. The summed E-state index contributed by atoms with van der Waals surface area (Å²) in [6, 6.07) is 10.7. The molecule has 2 aromatic rings. The van der Waals surface area contributed by atoms with Crippen LogP contribution in [0.1, 0.15) is 30.0 Å². The molecule has 1 aromatic carbocycles. The molecule has 3 N–H and O–H groups in total. The number of nitrogens with zero attached hydrogens (tertiary/aromatic N) is 1. The van der Waals surface area contributed by atoms with Crippen molar-refractivity contribution in [1.82, 2.24) is 10.6 Å². The SMILES string of the molecule is CNC(=O)[C@@H](NC(=O)c1ccc(-c2ccc(C#N)cc2)o1)C(C)(C)O. The van der Waals surface area contributed by atoms with Crippen molar-refractivity contribution >= 4 is 11.8 Å². The number of nitriles is 1. The number of benzene rings is 1. The number of rotatable bonds is 5. The van der Waals surface area contributed by atoms with Crippen molar-refractivity contribution in [3.8, 4) is 17.4 Å². The van der Waals surface area contributed by atoms with Crippen molar-refractivity contribution in [3.63, 3.8) is 0 Å². The van der Waals surface area contributed by atoms with Gasteiger partial charge >= 0.3 is 0 Å². The molecule has 0 saturated carbocycles. The Morgan fingerprint density at radius 2 is 1.84 bits per heavy atom. The van der Waals surface area contributed by atoms with Crippen LogP contribution < -0.4 is 10.6 Å². The van der Waals surface area contributed by atoms with Crippen molar-refractivity contribution in [2.45, 2.75) is 25.5 Å². The predicted octanol–water partition coefficient (Wildman–Crippen LogP) is 1.43. The summed E-state index contributed by atoms with van der Waals surface area (Å²) in [7, 11) is 1.42. The highest BCUT2D eigenvalue weighted by atomic mass is 16.4. The zero-order chi connectivity index (χ0) is 18.6. The maximum atomic E-state index is 12.3. The van der Waals surface area contributed by atoms with Gasteiger partial charge in [-0.05, 0) is 50.2 Å². The number of hydrogen-bond acceptors (Lipinski definition) is 5. The average Bonchev–Trinajstić information content (AvgIpc) is 3.08. The first-order valence-corrected chi connectivity index (χ1v) is 7.61. The molecule has 7 heteroatoms. The van der Waals surface area contributed by atoms with Crippen molar-refractivity contribution in [2.24, 2.45) is 0 Å². The van der Waals surface area contributed by atoms with E-state index >= 15 is 0 Å². The highest BCUT2D eigenvalue weighted by molar-refractivity contribution is 5.96. The Labute approximate surface area is 145 Å². The second kappa shape index (κ2) is 7.20. The van der Waals surface area contributed by atoms with E-state index in [1.54, 1.807) is 30.3 Å². The number of carbonyl (C=O) groups excluding carboxylic acids is 2. The molecule has 1 aromatic heterocycles. The third-order valence-electron chi connectivity index (χ3n) is 3.62. The van der Waals surface area contributed by atoms with Gasteiger partial charge in [0.1, 0.15) is 11.8 Å². The molecular weight excluding hydrogens is 322 g/mol. The van der Waals surface area contributed by atoms with E-state index in [2.05, 4.69) is 10.6 Å². The second-order valence-corrected chi connectivity index (χ2v) is 6.03. The molecule has 2 rings (SSSR count). The van der Waals surface area contributed by atoms with Crippen molar-refractivity contribution in [1.29, 1.82) is 5.26 Å². The van der Waals surface area contributed by atoms with Crippen molar-refractivity contribution in [3.05, 3.63) is 47.7 Å². The number of furan rings is 1. The number of likely N-dealkylation sites (N-methyl/N-ethyl adjacent to an activating group) is 1. The molecule has 2 amide bonds. The number of hydrogen-bond donors (Lipinski definition) is 3. The minimum atomic E-state index is -1.45. The summed E-state index contributed by atoms with van der Waals surface area (Å²) >= 11 is 0. The standard InChI is InChI=1S/C18H19N3O4/c1-18(2,24)15(17(23)20-3)21-16(22)14-9-8-13(25-14)12-6-4-11(10-19)5-7-12/h4-9,15,24H,1-3H3,(H,20,23)(H,21,22)/t15-/m1/s1. The first-order valence-electron chi connectivity index (χ1n) is 7.61. The Morgan fingerprint density at radius 3 is 2.36 bits per heavy atom. The van der Waals surface area contributed by atoms with Crippen molar-refractivity contribution < 1.29 is 19.1 Å². The van der Waals surface area contributed by atoms with E-state index < -0.39 is 23.5 Å². The van der Waals surface area contributed by atoms with Gasteiger partial charge in [-0.3, -0.25) is 9.59 Å². The van der Waals surface area contributed by atoms with Gasteiger partial charge < -0.3 is 20.2 Å². The lowest BCUT2D eigenvalue weighted by molar-refractivity contribution is -0.127. The van der Waals surface area contributed by atoms with Gasteiger partial charge in [-0.1, -0.05) is 0 Å². The molecule has 0 saturated heterocycles. The lowest BCUT2D eigenvalue weighted by atomic mass is 9.98. The third kappa shape index (κ3) is 4.25. The largest absolute Gasteiger partial charge is 0.451 e. The van der Waals surface area contributed by atoms with Crippen LogP contribution in [0, 0.1) is 11.3 Å². The fourth-order valence-electron chi connectivity index (χ4n) is 2.23. The maximum absolute atomic E-state index is 12.3. The molecule has 0 aliphatic carbocycles. The summed E-state index contributed by atoms with van der Waals surface area (Å²) in [6.07, 6.45) is 0. The van der Waals surface area contributed by atoms with Crippen LogP contribution in [0.3, 0.4) is 0 Å². The van der Waals surface area contributed by atoms with E-state index in [9.17, 15) is 14.7 Å². The third-order valence-corrected chi connectivity index (χ3v) is 3.62. The monoisotopic (exact) mass is 341 g/mol. The average molecular weight is 341 g/mol. The fraction of sp³-hybridized carbons (Fsp3) is 0.278. The molecule has 1 heterocycles. The number of aliphatic hydroxyl groups is 1. The molecule has 7 nitrogen and oxygen atoms in total. The van der Waals surface area contributed by atoms with Gasteiger partial charge in [-0.2, -0.15) is 5.26 Å². The van der Waals surface area contributed by atoms with E-state index in [1.165, 1.54) is 27.0 Å². The van der Waals surface area contributed by atoms with Crippen LogP contribution in [-0.2, 0) is 4.79 Å². The number of carbonyl (C=O) groups is 2. The lowest BCUT2D eigenvalue weighted by Gasteiger charge is -2.28. The molecule has 0 spiro atoms. The molecule has 0 aliphatic rings. The zero-order valence-corrected chi connectivity index (χ0v) is 14.2. The van der Waals surface area contributed by atoms with Gasteiger partial charge in [0.05, 0.1) is 17.2 Å². The Bertz CT molecular complexity index is 810. The first kappa shape index (κ1) is 18.2. The summed E-state index contributed by atoms with van der Waals surface area (Å²) in [5.74, 6) is -0.665. The Kier molecular flexibility index (Phi) is 5.25. The Balaban J connectivity index is 2.19. The van der Waals surface area contributed by atoms with Gasteiger partial charge in [-0.15, -0.1) is 0 Å². The molecule has 130 valence electrons. The lowest BCUT2D eigenvalue weighted by Crippen LogP contribution is -2.57. The second-order valence-electron chi connectivity index (χ2n) is 6.03. The zero-order valence-electron chi connectivity index (χ0n) is 14.2. The van der Waals surface area contributed by atoms with Crippen molar-refractivity contribution in [2.75, 3.05) is 7.05 Å². The van der Waals surface area contributed by atoms with Crippen LogP contribution >= 0.6 is 0 Å². The summed E-state index contributed by atoms with van der Waals surface area (Å²) < 4.78 is 5.52. The van der Waals surface area contributed by atoms with E-state index in [-0.39, 0.29) is 5.76 Å². The molecular formula is C18H19N3O4. The predicted molar refractivity (Wildman–Crippen MR) is 90.5 cm³/mol. The van der Waals surface area contributed by atoms with Crippen LogP contribution in [0.25, 0.3) is 11.3 Å². The molecule has 1 atom stereocenters. The van der Waals surface area contributed by atoms with Crippen LogP contribution in [-0.4, -0.2) is 35.6 Å². The van der Waals surface area contributed by atoms with E-state index in [0.29, 0.717) is 16.9 Å². The molecule has 0 unspecified atom stereocenters. The normalized spacial score (nSPS) is 12.1. The van der Waals surface area contributed by atoms with E-state index in [4.69, 9.17) is 9.68 Å². The summed E-state index contributed by atoms with van der Waals surface area (Å²) in [5.41, 5.74) is -0.214. The van der Waals surface area contributed by atoms with E-state index in [0.717, 1.165) is 0 Å². The molecule has 0 bridgehead atoms.